The number of carbonyl (C=O) groups excluding carboxylic acids is 3. The molecule has 136 valence electrons. The van der Waals surface area contributed by atoms with E-state index in [4.69, 9.17) is 15.2 Å². The van der Waals surface area contributed by atoms with E-state index in [1.54, 1.807) is 12.1 Å². The van der Waals surface area contributed by atoms with Crippen molar-refractivity contribution in [1.82, 2.24) is 5.32 Å². The third-order valence-electron chi connectivity index (χ3n) is 4.06. The molecule has 1 aliphatic rings. The SMILES string of the molecule is CC1(C)COC(=O)[C@@H]1OC(=O)[C@@H](NCCCC(N)=O)c1ccccc1. The van der Waals surface area contributed by atoms with Crippen molar-refractivity contribution < 1.29 is 23.9 Å². The van der Waals surface area contributed by atoms with Gasteiger partial charge in [0.1, 0.15) is 12.6 Å². The van der Waals surface area contributed by atoms with Gasteiger partial charge in [0.25, 0.3) is 0 Å². The van der Waals surface area contributed by atoms with E-state index in [1.807, 2.05) is 32.0 Å². The Kier molecular flexibility index (Phi) is 6.14. The van der Waals surface area contributed by atoms with Crippen LogP contribution in [0.3, 0.4) is 0 Å². The van der Waals surface area contributed by atoms with E-state index in [-0.39, 0.29) is 13.0 Å². The summed E-state index contributed by atoms with van der Waals surface area (Å²) in [6.45, 7) is 4.25. The molecule has 1 saturated heterocycles. The second kappa shape index (κ2) is 8.11. The summed E-state index contributed by atoms with van der Waals surface area (Å²) in [6, 6.07) is 8.33. The van der Waals surface area contributed by atoms with Gasteiger partial charge in [-0.05, 0) is 18.5 Å². The molecule has 2 atom stereocenters. The van der Waals surface area contributed by atoms with E-state index >= 15 is 0 Å². The number of hydrogen-bond acceptors (Lipinski definition) is 6. The third-order valence-corrected chi connectivity index (χ3v) is 4.06. The van der Waals surface area contributed by atoms with Crippen molar-refractivity contribution in [3.63, 3.8) is 0 Å². The van der Waals surface area contributed by atoms with E-state index < -0.39 is 35.4 Å². The van der Waals surface area contributed by atoms with Gasteiger partial charge in [-0.3, -0.25) is 4.79 Å². The molecule has 0 bridgehead atoms. The number of primary amides is 1. The Morgan fingerprint density at radius 3 is 2.60 bits per heavy atom. The molecule has 7 heteroatoms. The standard InChI is InChI=1S/C18H24N2O5/c1-18(2)11-24-17(23)15(18)25-16(22)14(12-7-4-3-5-8-12)20-10-6-9-13(19)21/h3-5,7-8,14-15,20H,6,9-11H2,1-2H3,(H2,19,21)/t14-,15-/m0/s1. The predicted octanol–water partition coefficient (Wildman–Crippen LogP) is 1.08. The Morgan fingerprint density at radius 2 is 2.04 bits per heavy atom. The van der Waals surface area contributed by atoms with E-state index in [0.29, 0.717) is 13.0 Å². The summed E-state index contributed by atoms with van der Waals surface area (Å²) in [5.74, 6) is -1.47. The topological polar surface area (TPSA) is 108 Å². The van der Waals surface area contributed by atoms with Crippen LogP contribution in [-0.4, -0.2) is 37.1 Å². The molecule has 7 nitrogen and oxygen atoms in total. The molecule has 1 heterocycles. The summed E-state index contributed by atoms with van der Waals surface area (Å²) in [4.78, 5) is 35.4. The van der Waals surface area contributed by atoms with Crippen molar-refractivity contribution in [3.8, 4) is 0 Å². The number of benzene rings is 1. The first-order chi connectivity index (χ1) is 11.8. The van der Waals surface area contributed by atoms with Crippen LogP contribution in [0.15, 0.2) is 30.3 Å². The molecule has 25 heavy (non-hydrogen) atoms. The first kappa shape index (κ1) is 18.9. The van der Waals surface area contributed by atoms with E-state index in [0.717, 1.165) is 5.56 Å². The molecule has 3 N–H and O–H groups in total. The average Bonchev–Trinajstić information content (AvgIpc) is 2.82. The lowest BCUT2D eigenvalue weighted by atomic mass is 9.89. The van der Waals surface area contributed by atoms with E-state index in [9.17, 15) is 14.4 Å². The van der Waals surface area contributed by atoms with Crippen molar-refractivity contribution in [2.24, 2.45) is 11.1 Å². The van der Waals surface area contributed by atoms with Crippen molar-refractivity contribution in [2.45, 2.75) is 38.8 Å². The first-order valence-corrected chi connectivity index (χ1v) is 8.25. The molecule has 1 aliphatic heterocycles. The number of esters is 2. The van der Waals surface area contributed by atoms with Crippen LogP contribution in [0.4, 0.5) is 0 Å². The quantitative estimate of drug-likeness (QED) is 0.538. The number of nitrogens with one attached hydrogen (secondary N) is 1. The Morgan fingerprint density at radius 1 is 1.36 bits per heavy atom. The van der Waals surface area contributed by atoms with Crippen LogP contribution in [0.25, 0.3) is 0 Å². The molecule has 1 aromatic rings. The molecule has 0 aromatic heterocycles. The zero-order valence-corrected chi connectivity index (χ0v) is 14.5. The van der Waals surface area contributed by atoms with Gasteiger partial charge in [-0.1, -0.05) is 44.2 Å². The van der Waals surface area contributed by atoms with Gasteiger partial charge < -0.3 is 20.5 Å². The zero-order chi connectivity index (χ0) is 18.4. The Hall–Kier alpha value is -2.41. The molecule has 2 rings (SSSR count). The number of cyclic esters (lactones) is 1. The fraction of sp³-hybridized carbons (Fsp3) is 0.500. The lowest BCUT2D eigenvalue weighted by molar-refractivity contribution is -0.164. The van der Waals surface area contributed by atoms with E-state index in [2.05, 4.69) is 5.32 Å². The van der Waals surface area contributed by atoms with Crippen LogP contribution in [0.5, 0.6) is 0 Å². The summed E-state index contributed by atoms with van der Waals surface area (Å²) in [6.07, 6.45) is -0.201. The van der Waals surface area contributed by atoms with Crippen molar-refractivity contribution in [2.75, 3.05) is 13.2 Å². The molecule has 0 aliphatic carbocycles. The van der Waals surface area contributed by atoms with Gasteiger partial charge in [-0.25, -0.2) is 9.59 Å². The molecule has 0 radical (unpaired) electrons. The number of carbonyl (C=O) groups is 3. The third kappa shape index (κ3) is 5.03. The van der Waals surface area contributed by atoms with Crippen molar-refractivity contribution in [3.05, 3.63) is 35.9 Å². The molecule has 0 spiro atoms. The highest BCUT2D eigenvalue weighted by Gasteiger charge is 2.47. The fourth-order valence-corrected chi connectivity index (χ4v) is 2.61. The minimum Gasteiger partial charge on any atom is -0.462 e. The van der Waals surface area contributed by atoms with Crippen LogP contribution in [0.1, 0.15) is 38.3 Å². The van der Waals surface area contributed by atoms with Crippen LogP contribution in [0, 0.1) is 5.41 Å². The predicted molar refractivity (Wildman–Crippen MR) is 90.2 cm³/mol. The van der Waals surface area contributed by atoms with Crippen molar-refractivity contribution in [1.29, 1.82) is 0 Å². The molecular weight excluding hydrogens is 324 g/mol. The molecule has 0 unspecified atom stereocenters. The number of amides is 1. The zero-order valence-electron chi connectivity index (χ0n) is 14.5. The molecule has 1 amide bonds. The number of ether oxygens (including phenoxy) is 2. The summed E-state index contributed by atoms with van der Waals surface area (Å²) in [5.41, 5.74) is 5.27. The minimum absolute atomic E-state index is 0.214. The van der Waals surface area contributed by atoms with Gasteiger partial charge in [0.15, 0.2) is 0 Å². The maximum atomic E-state index is 12.7. The van der Waals surface area contributed by atoms with E-state index in [1.165, 1.54) is 0 Å². The number of nitrogens with two attached hydrogens (primary N) is 1. The van der Waals surface area contributed by atoms with Crippen LogP contribution in [-0.2, 0) is 23.9 Å². The van der Waals surface area contributed by atoms with Gasteiger partial charge in [0, 0.05) is 11.8 Å². The number of hydrogen-bond donors (Lipinski definition) is 2. The molecule has 0 saturated carbocycles. The number of rotatable bonds is 8. The van der Waals surface area contributed by atoms with Crippen LogP contribution < -0.4 is 11.1 Å². The first-order valence-electron chi connectivity index (χ1n) is 8.25. The molecule has 1 fully saturated rings. The fourth-order valence-electron chi connectivity index (χ4n) is 2.61. The summed E-state index contributed by atoms with van der Waals surface area (Å²) < 4.78 is 10.5. The lowest BCUT2D eigenvalue weighted by Gasteiger charge is -2.25. The van der Waals surface area contributed by atoms with Gasteiger partial charge in [-0.15, -0.1) is 0 Å². The summed E-state index contributed by atoms with van der Waals surface area (Å²) >= 11 is 0. The van der Waals surface area contributed by atoms with Crippen LogP contribution in [0.2, 0.25) is 0 Å². The molecular formula is C18H24N2O5. The Balaban J connectivity index is 2.07. The summed E-state index contributed by atoms with van der Waals surface area (Å²) in [7, 11) is 0. The van der Waals surface area contributed by atoms with Crippen molar-refractivity contribution >= 4 is 17.8 Å². The average molecular weight is 348 g/mol. The highest BCUT2D eigenvalue weighted by atomic mass is 16.6. The van der Waals surface area contributed by atoms with Gasteiger partial charge >= 0.3 is 11.9 Å². The molecule has 1 aromatic carbocycles. The minimum atomic E-state index is -0.932. The highest BCUT2D eigenvalue weighted by molar-refractivity contribution is 5.84. The monoisotopic (exact) mass is 348 g/mol. The summed E-state index contributed by atoms with van der Waals surface area (Å²) in [5, 5.41) is 3.07. The second-order valence-corrected chi connectivity index (χ2v) is 6.78. The second-order valence-electron chi connectivity index (χ2n) is 6.78. The lowest BCUT2D eigenvalue weighted by Crippen LogP contribution is -2.39. The largest absolute Gasteiger partial charge is 0.462 e. The van der Waals surface area contributed by atoms with Gasteiger partial charge in [-0.2, -0.15) is 0 Å². The smallest absolute Gasteiger partial charge is 0.348 e. The van der Waals surface area contributed by atoms with Crippen LogP contribution >= 0.6 is 0 Å². The Bertz CT molecular complexity index is 630. The van der Waals surface area contributed by atoms with Gasteiger partial charge in [0.2, 0.25) is 12.0 Å². The maximum absolute atomic E-state index is 12.7. The highest BCUT2D eigenvalue weighted by Crippen LogP contribution is 2.32. The maximum Gasteiger partial charge on any atom is 0.348 e. The Labute approximate surface area is 146 Å². The normalized spacial score (nSPS) is 19.9. The van der Waals surface area contributed by atoms with Gasteiger partial charge in [0.05, 0.1) is 0 Å².